The maximum atomic E-state index is 13.7. The Morgan fingerprint density at radius 1 is 0.880 bits per heavy atom. The lowest BCUT2D eigenvalue weighted by Gasteiger charge is -2.20. The second-order valence-electron chi connectivity index (χ2n) is 6.22. The summed E-state index contributed by atoms with van der Waals surface area (Å²) in [6.07, 6.45) is 4.32. The van der Waals surface area contributed by atoms with Crippen LogP contribution in [0.2, 0.25) is 0 Å². The third-order valence-corrected chi connectivity index (χ3v) is 4.39. The largest absolute Gasteiger partial charge is 0.339 e. The molecule has 1 aliphatic rings. The van der Waals surface area contributed by atoms with Gasteiger partial charge in [0.15, 0.2) is 0 Å². The van der Waals surface area contributed by atoms with Gasteiger partial charge < -0.3 is 10.2 Å². The summed E-state index contributed by atoms with van der Waals surface area (Å²) in [4.78, 5) is 26.9. The van der Waals surface area contributed by atoms with Gasteiger partial charge in [0, 0.05) is 24.2 Å². The monoisotopic (exact) mass is 340 g/mol. The minimum absolute atomic E-state index is 0.0533. The van der Waals surface area contributed by atoms with Crippen molar-refractivity contribution in [2.75, 3.05) is 18.4 Å². The lowest BCUT2D eigenvalue weighted by Crippen LogP contribution is -2.32. The number of likely N-dealkylation sites (tertiary alicyclic amines) is 1. The minimum atomic E-state index is -0.493. The lowest BCUT2D eigenvalue weighted by molar-refractivity contribution is 0.0761. The molecule has 25 heavy (non-hydrogen) atoms. The van der Waals surface area contributed by atoms with Crippen molar-refractivity contribution >= 4 is 17.5 Å². The molecule has 0 radical (unpaired) electrons. The molecule has 130 valence electrons. The zero-order valence-corrected chi connectivity index (χ0v) is 14.0. The predicted molar refractivity (Wildman–Crippen MR) is 95.2 cm³/mol. The van der Waals surface area contributed by atoms with Gasteiger partial charge in [-0.05, 0) is 43.2 Å². The van der Waals surface area contributed by atoms with Gasteiger partial charge in [-0.25, -0.2) is 4.39 Å². The van der Waals surface area contributed by atoms with Gasteiger partial charge in [-0.3, -0.25) is 9.59 Å². The fraction of sp³-hybridized carbons (Fsp3) is 0.300. The van der Waals surface area contributed by atoms with Gasteiger partial charge in [-0.2, -0.15) is 0 Å². The van der Waals surface area contributed by atoms with E-state index in [1.165, 1.54) is 12.1 Å². The van der Waals surface area contributed by atoms with E-state index in [-0.39, 0.29) is 11.6 Å². The fourth-order valence-electron chi connectivity index (χ4n) is 3.01. The Bertz CT molecular complexity index is 768. The molecule has 1 saturated heterocycles. The smallest absolute Gasteiger partial charge is 0.255 e. The topological polar surface area (TPSA) is 49.4 Å². The molecule has 1 fully saturated rings. The molecule has 2 aromatic carbocycles. The van der Waals surface area contributed by atoms with E-state index in [2.05, 4.69) is 5.32 Å². The average molecular weight is 340 g/mol. The standard InChI is InChI=1S/C20H21FN2O2/c21-17-10-3-4-11-18(17)22-19(24)15-8-7-9-16(14-15)20(25)23-12-5-1-2-6-13-23/h3-4,7-11,14H,1-2,5-6,12-13H2,(H,22,24). The first-order chi connectivity index (χ1) is 12.1. The van der Waals surface area contributed by atoms with Crippen LogP contribution in [0, 0.1) is 5.82 Å². The van der Waals surface area contributed by atoms with Gasteiger partial charge >= 0.3 is 0 Å². The number of nitrogens with zero attached hydrogens (tertiary/aromatic N) is 1. The summed E-state index contributed by atoms with van der Waals surface area (Å²) in [5, 5.41) is 2.54. The van der Waals surface area contributed by atoms with Crippen LogP contribution in [0.5, 0.6) is 0 Å². The molecule has 2 aromatic rings. The number of para-hydroxylation sites is 1. The Morgan fingerprint density at radius 2 is 1.56 bits per heavy atom. The Morgan fingerprint density at radius 3 is 2.28 bits per heavy atom. The summed E-state index contributed by atoms with van der Waals surface area (Å²) in [5.74, 6) is -0.981. The Labute approximate surface area is 146 Å². The molecule has 5 heteroatoms. The number of carbonyl (C=O) groups excluding carboxylic acids is 2. The van der Waals surface area contributed by atoms with Crippen LogP contribution in [0.3, 0.4) is 0 Å². The first-order valence-corrected chi connectivity index (χ1v) is 8.60. The van der Waals surface area contributed by atoms with Crippen LogP contribution in [-0.4, -0.2) is 29.8 Å². The van der Waals surface area contributed by atoms with E-state index in [1.807, 2.05) is 4.90 Å². The van der Waals surface area contributed by atoms with Crippen LogP contribution in [0.1, 0.15) is 46.4 Å². The summed E-state index contributed by atoms with van der Waals surface area (Å²) < 4.78 is 13.7. The van der Waals surface area contributed by atoms with Gasteiger partial charge in [0.05, 0.1) is 5.69 Å². The van der Waals surface area contributed by atoms with Gasteiger partial charge in [0.2, 0.25) is 0 Å². The normalized spacial score (nSPS) is 14.7. The summed E-state index contributed by atoms with van der Waals surface area (Å²) in [7, 11) is 0. The Hall–Kier alpha value is -2.69. The van der Waals surface area contributed by atoms with Crippen LogP contribution >= 0.6 is 0 Å². The highest BCUT2D eigenvalue weighted by molar-refractivity contribution is 6.06. The summed E-state index contributed by atoms with van der Waals surface area (Å²) in [6.45, 7) is 1.51. The molecule has 1 aliphatic heterocycles. The van der Waals surface area contributed by atoms with Crippen molar-refractivity contribution in [2.24, 2.45) is 0 Å². The number of hydrogen-bond donors (Lipinski definition) is 1. The van der Waals surface area contributed by atoms with Crippen molar-refractivity contribution in [1.29, 1.82) is 0 Å². The molecule has 0 atom stereocenters. The number of benzene rings is 2. The number of rotatable bonds is 3. The highest BCUT2D eigenvalue weighted by atomic mass is 19.1. The first-order valence-electron chi connectivity index (χ1n) is 8.60. The average Bonchev–Trinajstić information content (AvgIpc) is 2.92. The molecule has 0 aliphatic carbocycles. The van der Waals surface area contributed by atoms with E-state index in [1.54, 1.807) is 36.4 Å². The van der Waals surface area contributed by atoms with Crippen molar-refractivity contribution < 1.29 is 14.0 Å². The van der Waals surface area contributed by atoms with E-state index in [0.717, 1.165) is 38.8 Å². The second-order valence-corrected chi connectivity index (χ2v) is 6.22. The number of halogens is 1. The minimum Gasteiger partial charge on any atom is -0.339 e. The zero-order valence-electron chi connectivity index (χ0n) is 14.0. The van der Waals surface area contributed by atoms with E-state index in [9.17, 15) is 14.0 Å². The summed E-state index contributed by atoms with van der Waals surface area (Å²) in [6, 6.07) is 12.6. The summed E-state index contributed by atoms with van der Waals surface area (Å²) in [5.41, 5.74) is 0.948. The predicted octanol–water partition coefficient (Wildman–Crippen LogP) is 4.09. The van der Waals surface area contributed by atoms with Crippen LogP contribution in [0.4, 0.5) is 10.1 Å². The first kappa shape index (κ1) is 17.1. The lowest BCUT2D eigenvalue weighted by atomic mass is 10.1. The Kier molecular flexibility index (Phi) is 5.43. The highest BCUT2D eigenvalue weighted by Crippen LogP contribution is 2.17. The van der Waals surface area contributed by atoms with Gasteiger partial charge in [-0.1, -0.05) is 31.0 Å². The SMILES string of the molecule is O=C(Nc1ccccc1F)c1cccc(C(=O)N2CCCCCC2)c1. The zero-order chi connectivity index (χ0) is 17.6. The molecule has 0 saturated carbocycles. The highest BCUT2D eigenvalue weighted by Gasteiger charge is 2.18. The molecule has 1 heterocycles. The quantitative estimate of drug-likeness (QED) is 0.915. The third kappa shape index (κ3) is 4.24. The van der Waals surface area contributed by atoms with E-state index < -0.39 is 11.7 Å². The number of carbonyl (C=O) groups is 2. The number of hydrogen-bond acceptors (Lipinski definition) is 2. The molecular weight excluding hydrogens is 319 g/mol. The van der Waals surface area contributed by atoms with Crippen LogP contribution < -0.4 is 5.32 Å². The number of anilines is 1. The van der Waals surface area contributed by atoms with Gasteiger partial charge in [0.1, 0.15) is 5.82 Å². The maximum absolute atomic E-state index is 13.7. The van der Waals surface area contributed by atoms with Crippen molar-refractivity contribution in [3.63, 3.8) is 0 Å². The summed E-state index contributed by atoms with van der Waals surface area (Å²) >= 11 is 0. The second kappa shape index (κ2) is 7.92. The molecule has 0 aromatic heterocycles. The Balaban J connectivity index is 1.75. The van der Waals surface area contributed by atoms with Gasteiger partial charge in [0.25, 0.3) is 11.8 Å². The van der Waals surface area contributed by atoms with E-state index in [4.69, 9.17) is 0 Å². The number of nitrogens with one attached hydrogen (secondary N) is 1. The molecule has 0 unspecified atom stereocenters. The van der Waals surface area contributed by atoms with Crippen molar-refractivity contribution in [3.8, 4) is 0 Å². The molecule has 4 nitrogen and oxygen atoms in total. The number of amides is 2. The fourth-order valence-corrected chi connectivity index (χ4v) is 3.01. The molecule has 0 bridgehead atoms. The van der Waals surface area contributed by atoms with Gasteiger partial charge in [-0.15, -0.1) is 0 Å². The van der Waals surface area contributed by atoms with E-state index in [0.29, 0.717) is 11.1 Å². The molecule has 0 spiro atoms. The van der Waals surface area contributed by atoms with Crippen LogP contribution in [0.15, 0.2) is 48.5 Å². The van der Waals surface area contributed by atoms with Crippen molar-refractivity contribution in [2.45, 2.75) is 25.7 Å². The van der Waals surface area contributed by atoms with Crippen molar-refractivity contribution in [3.05, 3.63) is 65.5 Å². The van der Waals surface area contributed by atoms with Crippen LogP contribution in [-0.2, 0) is 0 Å². The molecule has 3 rings (SSSR count). The van der Waals surface area contributed by atoms with E-state index >= 15 is 0 Å². The molecular formula is C20H21FN2O2. The van der Waals surface area contributed by atoms with Crippen molar-refractivity contribution in [1.82, 2.24) is 4.90 Å². The maximum Gasteiger partial charge on any atom is 0.255 e. The molecule has 1 N–H and O–H groups in total. The molecule has 2 amide bonds. The van der Waals surface area contributed by atoms with Crippen LogP contribution in [0.25, 0.3) is 0 Å². The third-order valence-electron chi connectivity index (χ3n) is 4.39.